The van der Waals surface area contributed by atoms with E-state index in [2.05, 4.69) is 10.2 Å². The fourth-order valence-electron chi connectivity index (χ4n) is 1.49. The van der Waals surface area contributed by atoms with Crippen LogP contribution in [0.1, 0.15) is 18.5 Å². The standard InChI is InChI=1S/C10H12N4O2/c1-6(11)7-3-2-4-8(5-7)14-9(15)12-13-10(14)16/h2-6H,11H2,1H3,(H,12,15)(H,13,16). The third kappa shape index (κ3) is 1.70. The minimum atomic E-state index is -0.494. The van der Waals surface area contributed by atoms with Gasteiger partial charge in [0.2, 0.25) is 0 Å². The second-order valence-electron chi connectivity index (χ2n) is 3.58. The van der Waals surface area contributed by atoms with Crippen molar-refractivity contribution in [2.75, 3.05) is 0 Å². The molecule has 0 fully saturated rings. The highest BCUT2D eigenvalue weighted by Crippen LogP contribution is 2.12. The third-order valence-electron chi connectivity index (χ3n) is 2.34. The smallest absolute Gasteiger partial charge is 0.324 e. The number of rotatable bonds is 2. The molecule has 0 amide bonds. The van der Waals surface area contributed by atoms with Gasteiger partial charge in [-0.2, -0.15) is 0 Å². The Balaban J connectivity index is 2.61. The quantitative estimate of drug-likeness (QED) is 0.657. The van der Waals surface area contributed by atoms with Crippen molar-refractivity contribution >= 4 is 0 Å². The summed E-state index contributed by atoms with van der Waals surface area (Å²) in [7, 11) is 0. The van der Waals surface area contributed by atoms with E-state index in [9.17, 15) is 9.59 Å². The zero-order valence-corrected chi connectivity index (χ0v) is 8.73. The molecule has 1 aromatic heterocycles. The number of nitrogens with one attached hydrogen (secondary N) is 2. The van der Waals surface area contributed by atoms with E-state index in [1.54, 1.807) is 18.2 Å². The Labute approximate surface area is 90.7 Å². The summed E-state index contributed by atoms with van der Waals surface area (Å²) < 4.78 is 1.02. The molecule has 4 N–H and O–H groups in total. The fourth-order valence-corrected chi connectivity index (χ4v) is 1.49. The molecule has 0 aliphatic rings. The van der Waals surface area contributed by atoms with Crippen molar-refractivity contribution < 1.29 is 0 Å². The fraction of sp³-hybridized carbons (Fsp3) is 0.200. The van der Waals surface area contributed by atoms with E-state index in [1.807, 2.05) is 13.0 Å². The van der Waals surface area contributed by atoms with Crippen molar-refractivity contribution in [2.45, 2.75) is 13.0 Å². The van der Waals surface area contributed by atoms with E-state index < -0.39 is 11.4 Å². The van der Waals surface area contributed by atoms with Crippen molar-refractivity contribution in [1.82, 2.24) is 14.8 Å². The second-order valence-corrected chi connectivity index (χ2v) is 3.58. The average molecular weight is 220 g/mol. The van der Waals surface area contributed by atoms with Gasteiger partial charge in [-0.25, -0.2) is 24.4 Å². The Kier molecular flexibility index (Phi) is 2.49. The van der Waals surface area contributed by atoms with Crippen LogP contribution in [0.15, 0.2) is 33.9 Å². The summed E-state index contributed by atoms with van der Waals surface area (Å²) in [5, 5.41) is 4.45. The van der Waals surface area contributed by atoms with E-state index in [0.29, 0.717) is 5.69 Å². The molecule has 0 aliphatic heterocycles. The molecule has 0 bridgehead atoms. The first-order valence-corrected chi connectivity index (χ1v) is 4.85. The summed E-state index contributed by atoms with van der Waals surface area (Å²) in [5.41, 5.74) is 6.11. The van der Waals surface area contributed by atoms with Crippen molar-refractivity contribution in [1.29, 1.82) is 0 Å². The van der Waals surface area contributed by atoms with Crippen molar-refractivity contribution in [2.24, 2.45) is 5.73 Å². The van der Waals surface area contributed by atoms with Crippen molar-refractivity contribution in [3.05, 3.63) is 50.8 Å². The van der Waals surface area contributed by atoms with Crippen LogP contribution >= 0.6 is 0 Å². The van der Waals surface area contributed by atoms with Gasteiger partial charge in [0.25, 0.3) is 0 Å². The number of H-pyrrole nitrogens is 2. The molecule has 2 aromatic rings. The number of aromatic amines is 2. The monoisotopic (exact) mass is 220 g/mol. The largest absolute Gasteiger partial charge is 0.348 e. The third-order valence-corrected chi connectivity index (χ3v) is 2.34. The Morgan fingerprint density at radius 2 is 1.88 bits per heavy atom. The number of nitrogens with two attached hydrogens (primary N) is 1. The number of aromatic nitrogens is 3. The second kappa shape index (κ2) is 3.82. The predicted octanol–water partition coefficient (Wildman–Crippen LogP) is -0.126. The minimum Gasteiger partial charge on any atom is -0.324 e. The van der Waals surface area contributed by atoms with Gasteiger partial charge in [0.15, 0.2) is 0 Å². The van der Waals surface area contributed by atoms with Crippen LogP contribution in [-0.2, 0) is 0 Å². The van der Waals surface area contributed by atoms with Gasteiger partial charge >= 0.3 is 11.4 Å². The summed E-state index contributed by atoms with van der Waals surface area (Å²) >= 11 is 0. The lowest BCUT2D eigenvalue weighted by Crippen LogP contribution is -2.24. The maximum Gasteiger partial charge on any atom is 0.348 e. The van der Waals surface area contributed by atoms with Crippen LogP contribution in [0.4, 0.5) is 0 Å². The Bertz CT molecular complexity index is 578. The number of hydrogen-bond acceptors (Lipinski definition) is 3. The van der Waals surface area contributed by atoms with Crippen LogP contribution in [0.3, 0.4) is 0 Å². The maximum absolute atomic E-state index is 11.4. The molecule has 84 valence electrons. The van der Waals surface area contributed by atoms with Gasteiger partial charge in [-0.15, -0.1) is 0 Å². The molecule has 2 rings (SSSR count). The zero-order chi connectivity index (χ0) is 11.7. The van der Waals surface area contributed by atoms with Gasteiger partial charge < -0.3 is 5.73 Å². The Morgan fingerprint density at radius 3 is 2.44 bits per heavy atom. The maximum atomic E-state index is 11.4. The van der Waals surface area contributed by atoms with Crippen LogP contribution in [0.5, 0.6) is 0 Å². The first-order chi connectivity index (χ1) is 7.59. The van der Waals surface area contributed by atoms with Gasteiger partial charge in [0.1, 0.15) is 0 Å². The number of hydrogen-bond donors (Lipinski definition) is 3. The van der Waals surface area contributed by atoms with Crippen LogP contribution in [0.2, 0.25) is 0 Å². The number of benzene rings is 1. The summed E-state index contributed by atoms with van der Waals surface area (Å²) in [5.74, 6) is 0. The molecule has 0 saturated heterocycles. The van der Waals surface area contributed by atoms with Crippen LogP contribution in [0.25, 0.3) is 5.69 Å². The highest BCUT2D eigenvalue weighted by atomic mass is 16.2. The lowest BCUT2D eigenvalue weighted by Gasteiger charge is -2.07. The first-order valence-electron chi connectivity index (χ1n) is 4.85. The van der Waals surface area contributed by atoms with Gasteiger partial charge in [-0.1, -0.05) is 12.1 Å². The molecule has 1 aromatic carbocycles. The molecule has 1 unspecified atom stereocenters. The van der Waals surface area contributed by atoms with E-state index >= 15 is 0 Å². The van der Waals surface area contributed by atoms with Crippen LogP contribution < -0.4 is 17.1 Å². The first kappa shape index (κ1) is 10.4. The molecule has 0 radical (unpaired) electrons. The van der Waals surface area contributed by atoms with E-state index in [0.717, 1.165) is 10.1 Å². The predicted molar refractivity (Wildman–Crippen MR) is 59.6 cm³/mol. The highest BCUT2D eigenvalue weighted by Gasteiger charge is 2.07. The summed E-state index contributed by atoms with van der Waals surface area (Å²) in [6, 6.07) is 6.85. The zero-order valence-electron chi connectivity index (χ0n) is 8.73. The lowest BCUT2D eigenvalue weighted by molar-refractivity contribution is 0.813. The average Bonchev–Trinajstić information content (AvgIpc) is 2.59. The SMILES string of the molecule is CC(N)c1cccc(-n2c(=O)[nH][nH]c2=O)c1. The minimum absolute atomic E-state index is 0.145. The Hall–Kier alpha value is -2.08. The van der Waals surface area contributed by atoms with E-state index in [1.165, 1.54) is 0 Å². The molecule has 1 heterocycles. The lowest BCUT2D eigenvalue weighted by atomic mass is 10.1. The van der Waals surface area contributed by atoms with Gasteiger partial charge in [-0.05, 0) is 24.6 Å². The molecule has 6 nitrogen and oxygen atoms in total. The Morgan fingerprint density at radius 1 is 1.25 bits per heavy atom. The molecule has 6 heteroatoms. The van der Waals surface area contributed by atoms with Crippen LogP contribution in [-0.4, -0.2) is 14.8 Å². The summed E-state index contributed by atoms with van der Waals surface area (Å²) in [6.07, 6.45) is 0. The normalized spacial score (nSPS) is 12.6. The summed E-state index contributed by atoms with van der Waals surface area (Å²) in [4.78, 5) is 22.7. The van der Waals surface area contributed by atoms with E-state index in [-0.39, 0.29) is 6.04 Å². The summed E-state index contributed by atoms with van der Waals surface area (Å²) in [6.45, 7) is 1.84. The molecule has 1 atom stereocenters. The topological polar surface area (TPSA) is 96.7 Å². The highest BCUT2D eigenvalue weighted by molar-refractivity contribution is 5.36. The van der Waals surface area contributed by atoms with E-state index in [4.69, 9.17) is 5.73 Å². The van der Waals surface area contributed by atoms with Gasteiger partial charge in [0.05, 0.1) is 5.69 Å². The molecular weight excluding hydrogens is 208 g/mol. The van der Waals surface area contributed by atoms with Gasteiger partial charge in [-0.3, -0.25) is 0 Å². The number of nitrogens with zero attached hydrogens (tertiary/aromatic N) is 1. The van der Waals surface area contributed by atoms with Gasteiger partial charge in [0, 0.05) is 6.04 Å². The van der Waals surface area contributed by atoms with Crippen molar-refractivity contribution in [3.8, 4) is 5.69 Å². The molecule has 0 spiro atoms. The molecule has 16 heavy (non-hydrogen) atoms. The molecule has 0 saturated carbocycles. The molecular formula is C10H12N4O2. The van der Waals surface area contributed by atoms with Crippen LogP contribution in [0, 0.1) is 0 Å². The van der Waals surface area contributed by atoms with Crippen molar-refractivity contribution in [3.63, 3.8) is 0 Å². The molecule has 0 aliphatic carbocycles.